The maximum Gasteiger partial charge on any atom is 0.261 e. The molecule has 4 atom stereocenters. The fraction of sp³-hybridized carbons (Fsp3) is 0.440. The number of azide groups is 1. The van der Waals surface area contributed by atoms with Gasteiger partial charge in [-0.2, -0.15) is 0 Å². The van der Waals surface area contributed by atoms with Gasteiger partial charge in [-0.05, 0) is 20.9 Å². The summed E-state index contributed by atoms with van der Waals surface area (Å²) in [5.41, 5.74) is 8.94. The SMILES string of the molecule is C=CCO[C@H]1[C@H](O[Si](c2ccccc2)(c2ccccc2)C(C)(C)C)[C@@H](CN=[N+]=[N-])O[C@H]1CO. The molecule has 1 N–H and O–H groups in total. The van der Waals surface area contributed by atoms with E-state index in [4.69, 9.17) is 19.4 Å². The molecule has 2 aromatic carbocycles. The number of aliphatic hydroxyl groups excluding tert-OH is 1. The molecule has 0 unspecified atom stereocenters. The van der Waals surface area contributed by atoms with Crippen LogP contribution in [-0.2, 0) is 13.9 Å². The Hall–Kier alpha value is -2.45. The summed E-state index contributed by atoms with van der Waals surface area (Å²) in [6, 6.07) is 20.6. The van der Waals surface area contributed by atoms with Crippen molar-refractivity contribution in [2.45, 2.75) is 50.2 Å². The highest BCUT2D eigenvalue weighted by atomic mass is 28.4. The Morgan fingerprint density at radius 3 is 2.09 bits per heavy atom. The molecule has 0 amide bonds. The van der Waals surface area contributed by atoms with Crippen LogP contribution in [0.5, 0.6) is 0 Å². The molecule has 1 aliphatic heterocycles. The van der Waals surface area contributed by atoms with Gasteiger partial charge in [0.2, 0.25) is 0 Å². The summed E-state index contributed by atoms with van der Waals surface area (Å²) in [7, 11) is -2.92. The average Bonchev–Trinajstić information content (AvgIpc) is 3.15. The van der Waals surface area contributed by atoms with Gasteiger partial charge in [0.25, 0.3) is 8.32 Å². The molecule has 0 spiro atoms. The summed E-state index contributed by atoms with van der Waals surface area (Å²) < 4.78 is 19.4. The van der Waals surface area contributed by atoms with E-state index in [9.17, 15) is 5.11 Å². The van der Waals surface area contributed by atoms with Gasteiger partial charge in [0.15, 0.2) is 0 Å². The van der Waals surface area contributed by atoms with E-state index in [0.29, 0.717) is 6.61 Å². The molecular weight excluding hydrogens is 434 g/mol. The topological polar surface area (TPSA) is 96.7 Å². The lowest BCUT2D eigenvalue weighted by Crippen LogP contribution is -2.69. The Morgan fingerprint density at radius 2 is 1.64 bits per heavy atom. The molecule has 3 rings (SSSR count). The number of rotatable bonds is 10. The van der Waals surface area contributed by atoms with Crippen LogP contribution >= 0.6 is 0 Å². The van der Waals surface area contributed by atoms with Gasteiger partial charge in [0, 0.05) is 4.91 Å². The number of hydrogen-bond acceptors (Lipinski definition) is 5. The Morgan fingerprint density at radius 1 is 1.06 bits per heavy atom. The molecular formula is C25H33N3O4Si. The van der Waals surface area contributed by atoms with Gasteiger partial charge < -0.3 is 19.0 Å². The summed E-state index contributed by atoms with van der Waals surface area (Å²) in [6.45, 7) is 10.5. The van der Waals surface area contributed by atoms with Crippen LogP contribution < -0.4 is 10.4 Å². The molecule has 0 aromatic heterocycles. The van der Waals surface area contributed by atoms with Crippen LogP contribution in [0, 0.1) is 0 Å². The normalized spacial score (nSPS) is 23.2. The first kappa shape index (κ1) is 25.2. The van der Waals surface area contributed by atoms with Crippen LogP contribution in [0.15, 0.2) is 78.4 Å². The van der Waals surface area contributed by atoms with Crippen LogP contribution in [-0.4, -0.2) is 57.6 Å². The Labute approximate surface area is 196 Å². The minimum Gasteiger partial charge on any atom is -0.399 e. The number of hydrogen-bond donors (Lipinski definition) is 1. The molecule has 1 heterocycles. The minimum atomic E-state index is -2.92. The van der Waals surface area contributed by atoms with E-state index < -0.39 is 32.7 Å². The molecule has 8 heteroatoms. The van der Waals surface area contributed by atoms with Crippen molar-refractivity contribution in [2.75, 3.05) is 19.8 Å². The molecule has 7 nitrogen and oxygen atoms in total. The highest BCUT2D eigenvalue weighted by Gasteiger charge is 2.56. The second-order valence-corrected chi connectivity index (χ2v) is 13.4. The maximum absolute atomic E-state index is 10.0. The lowest BCUT2D eigenvalue weighted by atomic mass is 10.1. The zero-order valence-electron chi connectivity index (χ0n) is 19.5. The molecule has 0 aliphatic carbocycles. The van der Waals surface area contributed by atoms with Gasteiger partial charge in [-0.1, -0.05) is 92.6 Å². The van der Waals surface area contributed by atoms with Crippen molar-refractivity contribution >= 4 is 18.7 Å². The van der Waals surface area contributed by atoms with Crippen molar-refractivity contribution < 1.29 is 19.0 Å². The van der Waals surface area contributed by atoms with Crippen LogP contribution in [0.4, 0.5) is 0 Å². The van der Waals surface area contributed by atoms with Crippen molar-refractivity contribution in [3.8, 4) is 0 Å². The third-order valence-corrected chi connectivity index (χ3v) is 11.1. The van der Waals surface area contributed by atoms with Crippen molar-refractivity contribution in [1.29, 1.82) is 0 Å². The van der Waals surface area contributed by atoms with Crippen molar-refractivity contribution in [2.24, 2.45) is 5.11 Å². The van der Waals surface area contributed by atoms with E-state index in [1.54, 1.807) is 6.08 Å². The van der Waals surface area contributed by atoms with E-state index >= 15 is 0 Å². The number of benzene rings is 2. The molecule has 0 radical (unpaired) electrons. The third kappa shape index (κ3) is 5.22. The van der Waals surface area contributed by atoms with Crippen molar-refractivity contribution in [3.05, 3.63) is 83.8 Å². The number of aliphatic hydroxyl groups is 1. The molecule has 176 valence electrons. The van der Waals surface area contributed by atoms with Gasteiger partial charge >= 0.3 is 0 Å². The second kappa shape index (κ2) is 11.1. The van der Waals surface area contributed by atoms with Gasteiger partial charge in [0.1, 0.15) is 18.3 Å². The molecule has 33 heavy (non-hydrogen) atoms. The summed E-state index contributed by atoms with van der Waals surface area (Å²) in [6.07, 6.45) is -0.552. The Kier molecular flexibility index (Phi) is 8.48. The fourth-order valence-corrected chi connectivity index (χ4v) is 9.34. The molecule has 1 fully saturated rings. The lowest BCUT2D eigenvalue weighted by molar-refractivity contribution is -0.0441. The van der Waals surface area contributed by atoms with E-state index in [0.717, 1.165) is 10.4 Å². The molecule has 0 saturated carbocycles. The van der Waals surface area contributed by atoms with Crippen molar-refractivity contribution in [3.63, 3.8) is 0 Å². The predicted octanol–water partition coefficient (Wildman–Crippen LogP) is 3.57. The largest absolute Gasteiger partial charge is 0.399 e. The fourth-order valence-electron chi connectivity index (χ4n) is 4.63. The van der Waals surface area contributed by atoms with Gasteiger partial charge in [-0.3, -0.25) is 0 Å². The zero-order valence-corrected chi connectivity index (χ0v) is 20.5. The third-order valence-electron chi connectivity index (χ3n) is 6.05. The maximum atomic E-state index is 10.0. The minimum absolute atomic E-state index is 0.0871. The summed E-state index contributed by atoms with van der Waals surface area (Å²) >= 11 is 0. The number of nitrogens with zero attached hydrogens (tertiary/aromatic N) is 3. The van der Waals surface area contributed by atoms with E-state index in [1.165, 1.54) is 0 Å². The smallest absolute Gasteiger partial charge is 0.261 e. The zero-order chi connectivity index (χ0) is 23.9. The van der Waals surface area contributed by atoms with Gasteiger partial charge in [-0.15, -0.1) is 6.58 Å². The summed E-state index contributed by atoms with van der Waals surface area (Å²) in [5, 5.41) is 15.8. The quantitative estimate of drug-likeness (QED) is 0.190. The highest BCUT2D eigenvalue weighted by Crippen LogP contribution is 2.40. The molecule has 1 aliphatic rings. The highest BCUT2D eigenvalue weighted by molar-refractivity contribution is 6.99. The van der Waals surface area contributed by atoms with Crippen LogP contribution in [0.3, 0.4) is 0 Å². The Bertz CT molecular complexity index is 906. The first-order valence-electron chi connectivity index (χ1n) is 11.2. The first-order chi connectivity index (χ1) is 15.9. The summed E-state index contributed by atoms with van der Waals surface area (Å²) in [4.78, 5) is 2.91. The Balaban J connectivity index is 2.18. The van der Waals surface area contributed by atoms with E-state index in [-0.39, 0.29) is 18.2 Å². The lowest BCUT2D eigenvalue weighted by Gasteiger charge is -2.46. The standard InChI is InChI=1S/C25H33N3O4Si/c1-5-16-30-23-22(18-29)31-21(17-27-28-26)24(23)32-33(25(2,3)4,19-12-8-6-9-13-19)20-14-10-7-11-15-20/h5-15,21-24,29H,1,16-18H2,2-4H3/t21-,22+,23-,24-/m1/s1. The summed E-state index contributed by atoms with van der Waals surface area (Å²) in [5.74, 6) is 0. The molecule has 2 aromatic rings. The van der Waals surface area contributed by atoms with Gasteiger partial charge in [-0.25, -0.2) is 0 Å². The van der Waals surface area contributed by atoms with E-state index in [2.05, 4.69) is 61.6 Å². The first-order valence-corrected chi connectivity index (χ1v) is 13.1. The van der Waals surface area contributed by atoms with Crippen LogP contribution in [0.2, 0.25) is 5.04 Å². The van der Waals surface area contributed by atoms with Crippen molar-refractivity contribution in [1.82, 2.24) is 0 Å². The van der Waals surface area contributed by atoms with Crippen LogP contribution in [0.1, 0.15) is 20.8 Å². The molecule has 1 saturated heterocycles. The predicted molar refractivity (Wildman–Crippen MR) is 132 cm³/mol. The monoisotopic (exact) mass is 467 g/mol. The van der Waals surface area contributed by atoms with Crippen LogP contribution in [0.25, 0.3) is 10.4 Å². The second-order valence-electron chi connectivity index (χ2n) is 9.14. The molecule has 0 bridgehead atoms. The van der Waals surface area contributed by atoms with E-state index in [1.807, 2.05) is 36.4 Å². The average molecular weight is 468 g/mol. The van der Waals surface area contributed by atoms with Gasteiger partial charge in [0.05, 0.1) is 25.9 Å². The number of ether oxygens (including phenoxy) is 2.